The van der Waals surface area contributed by atoms with Crippen LogP contribution in [0.4, 0.5) is 0 Å². The summed E-state index contributed by atoms with van der Waals surface area (Å²) in [5.41, 5.74) is 17.2. The zero-order chi connectivity index (χ0) is 44.7. The summed E-state index contributed by atoms with van der Waals surface area (Å²) in [5.74, 6) is 0.643. The van der Waals surface area contributed by atoms with E-state index in [0.717, 1.165) is 61.2 Å². The van der Waals surface area contributed by atoms with Crippen molar-refractivity contribution in [2.24, 2.45) is 0 Å². The van der Waals surface area contributed by atoms with E-state index in [1.165, 1.54) is 76.1 Å². The first-order valence-corrected chi connectivity index (χ1v) is 23.2. The van der Waals surface area contributed by atoms with Gasteiger partial charge in [-0.25, -0.2) is 15.0 Å². The van der Waals surface area contributed by atoms with E-state index in [-0.39, 0.29) is 0 Å². The molecule has 12 aromatic rings. The molecule has 2 aliphatic carbocycles. The van der Waals surface area contributed by atoms with Crippen molar-refractivity contribution in [3.05, 3.63) is 276 Å². The molecule has 314 valence electrons. The first-order valence-electron chi connectivity index (χ1n) is 23.2. The lowest BCUT2D eigenvalue weighted by molar-refractivity contribution is 1.02. The third kappa shape index (κ3) is 6.03. The molecular weight excluding hydrogens is 823 g/mol. The molecule has 68 heavy (non-hydrogen) atoms. The van der Waals surface area contributed by atoms with E-state index in [0.29, 0.717) is 5.82 Å². The van der Waals surface area contributed by atoms with Crippen LogP contribution in [0.2, 0.25) is 0 Å². The molecule has 1 aromatic heterocycles. The minimum atomic E-state index is 0.643. The fourth-order valence-corrected chi connectivity index (χ4v) is 11.1. The molecular formula is C65H39N3. The Morgan fingerprint density at radius 3 is 1.12 bits per heavy atom. The lowest BCUT2D eigenvalue weighted by Crippen LogP contribution is -2.00. The molecule has 0 atom stereocenters. The van der Waals surface area contributed by atoms with Gasteiger partial charge in [0.25, 0.3) is 0 Å². The molecule has 0 N–H and O–H groups in total. The van der Waals surface area contributed by atoms with Gasteiger partial charge in [-0.3, -0.25) is 0 Å². The number of fused-ring (bicyclic) bond motifs is 8. The molecule has 11 aromatic carbocycles. The highest BCUT2D eigenvalue weighted by Crippen LogP contribution is 2.63. The summed E-state index contributed by atoms with van der Waals surface area (Å²) in [6, 6.07) is 82.8. The van der Waals surface area contributed by atoms with Crippen LogP contribution in [-0.4, -0.2) is 15.0 Å². The first kappa shape index (κ1) is 38.2. The number of aromatic nitrogens is 3. The van der Waals surface area contributed by atoms with Crippen molar-refractivity contribution in [3.63, 3.8) is 0 Å². The predicted molar refractivity (Wildman–Crippen MR) is 284 cm³/mol. The van der Waals surface area contributed by atoms with Crippen LogP contribution in [0, 0.1) is 0 Å². The second kappa shape index (κ2) is 15.3. The lowest BCUT2D eigenvalue weighted by atomic mass is 9.83. The van der Waals surface area contributed by atoms with Crippen molar-refractivity contribution in [2.75, 3.05) is 0 Å². The minimum Gasteiger partial charge on any atom is -0.225 e. The summed E-state index contributed by atoms with van der Waals surface area (Å²) in [6.45, 7) is 0. The van der Waals surface area contributed by atoms with E-state index >= 15 is 0 Å². The second-order valence-corrected chi connectivity index (χ2v) is 17.9. The van der Waals surface area contributed by atoms with Crippen molar-refractivity contribution >= 4 is 81.7 Å². The van der Waals surface area contributed by atoms with Gasteiger partial charge < -0.3 is 0 Å². The molecule has 0 fully saturated rings. The van der Waals surface area contributed by atoms with Crippen LogP contribution >= 0.6 is 0 Å². The topological polar surface area (TPSA) is 38.7 Å². The van der Waals surface area contributed by atoms with Gasteiger partial charge in [-0.15, -0.1) is 0 Å². The monoisotopic (exact) mass is 861 g/mol. The van der Waals surface area contributed by atoms with Gasteiger partial charge >= 0.3 is 0 Å². The maximum Gasteiger partial charge on any atom is 0.163 e. The van der Waals surface area contributed by atoms with Crippen LogP contribution in [0.25, 0.3) is 104 Å². The van der Waals surface area contributed by atoms with Gasteiger partial charge in [0.15, 0.2) is 5.82 Å². The van der Waals surface area contributed by atoms with Crippen molar-refractivity contribution in [1.82, 2.24) is 15.0 Å². The van der Waals surface area contributed by atoms with Gasteiger partial charge in [-0.05, 0) is 163 Å². The molecule has 0 unspecified atom stereocenters. The molecule has 0 radical (unpaired) electrons. The lowest BCUT2D eigenvalue weighted by Gasteiger charge is -2.20. The predicted octanol–water partition coefficient (Wildman–Crippen LogP) is 16.3. The van der Waals surface area contributed by atoms with E-state index in [1.54, 1.807) is 12.7 Å². The third-order valence-corrected chi connectivity index (χ3v) is 14.2. The van der Waals surface area contributed by atoms with Crippen molar-refractivity contribution in [1.29, 1.82) is 0 Å². The van der Waals surface area contributed by atoms with Gasteiger partial charge in [0.05, 0.1) is 0 Å². The number of rotatable bonds is 6. The number of nitrogens with zero attached hydrogens (tertiary/aromatic N) is 3. The molecule has 0 saturated heterocycles. The molecule has 0 bridgehead atoms. The van der Waals surface area contributed by atoms with Gasteiger partial charge in [0.2, 0.25) is 0 Å². The van der Waals surface area contributed by atoms with Crippen LogP contribution in [0.15, 0.2) is 243 Å². The standard InChI is InChI=1S/C65H39N3/c1-5-17-45-32-49(28-24-40(45)12-1)55-36-57-58(37-56(55)50-29-25-41-13-2-6-18-46(41)33-50)63(65-67-38-66-39-68-65)64-60(52-31-27-43-15-4-8-20-48(43)35-52)59(51-30-26-42-14-3-7-19-47(42)34-51)61(62(57)64)54-23-11-21-44-16-9-10-22-53(44)54/h1-39H. The Hall–Kier alpha value is -9.05. The molecule has 1 heterocycles. The zero-order valence-electron chi connectivity index (χ0n) is 36.9. The van der Waals surface area contributed by atoms with Gasteiger partial charge in [0.1, 0.15) is 12.7 Å². The molecule has 0 amide bonds. The Morgan fingerprint density at radius 1 is 0.221 bits per heavy atom. The Balaban J connectivity index is 1.17. The Kier molecular flexibility index (Phi) is 8.59. The summed E-state index contributed by atoms with van der Waals surface area (Å²) in [4.78, 5) is 14.4. The fraction of sp³-hybridized carbons (Fsp3) is 0. The van der Waals surface area contributed by atoms with E-state index in [9.17, 15) is 0 Å². The van der Waals surface area contributed by atoms with E-state index in [1.807, 2.05) is 0 Å². The van der Waals surface area contributed by atoms with Crippen molar-refractivity contribution in [2.45, 2.75) is 0 Å². The number of benzene rings is 11. The fourth-order valence-electron chi connectivity index (χ4n) is 11.1. The maximum atomic E-state index is 5.02. The Labute approximate surface area is 393 Å². The summed E-state index contributed by atoms with van der Waals surface area (Å²) in [6.07, 6.45) is 3.27. The summed E-state index contributed by atoms with van der Waals surface area (Å²) in [5, 5.41) is 12.0. The number of allylic oxidation sites excluding steroid dienone is 5. The molecule has 3 nitrogen and oxygen atoms in total. The summed E-state index contributed by atoms with van der Waals surface area (Å²) < 4.78 is 0. The summed E-state index contributed by atoms with van der Waals surface area (Å²) >= 11 is 0. The SMILES string of the molecule is c1ccc2cc(C3=C(c4ccc5ccccc5c4)C(c4cccc5ccccc45)=C4C3=C(c3ncncn3)c3cc(-c5ccc6ccccc6c5)c(-c5ccc6ccccc6c5)cc34)ccc2c1. The normalized spacial score (nSPS) is 13.4. The van der Waals surface area contributed by atoms with Gasteiger partial charge in [-0.2, -0.15) is 0 Å². The molecule has 2 aliphatic rings. The van der Waals surface area contributed by atoms with Crippen LogP contribution < -0.4 is 0 Å². The molecule has 0 aliphatic heterocycles. The van der Waals surface area contributed by atoms with E-state index < -0.39 is 0 Å². The Bertz CT molecular complexity index is 4190. The first-order chi connectivity index (χ1) is 33.7. The molecule has 3 heteroatoms. The minimum absolute atomic E-state index is 0.643. The van der Waals surface area contributed by atoms with Crippen molar-refractivity contribution < 1.29 is 0 Å². The van der Waals surface area contributed by atoms with Crippen LogP contribution in [0.1, 0.15) is 33.6 Å². The van der Waals surface area contributed by atoms with Gasteiger partial charge in [-0.1, -0.05) is 188 Å². The highest BCUT2D eigenvalue weighted by molar-refractivity contribution is 6.40. The average Bonchev–Trinajstić information content (AvgIpc) is 3.92. The smallest absolute Gasteiger partial charge is 0.163 e. The van der Waals surface area contributed by atoms with Crippen LogP contribution in [0.3, 0.4) is 0 Å². The molecule has 14 rings (SSSR count). The second-order valence-electron chi connectivity index (χ2n) is 17.9. The van der Waals surface area contributed by atoms with E-state index in [2.05, 4.69) is 229 Å². The third-order valence-electron chi connectivity index (χ3n) is 14.2. The number of hydrogen-bond donors (Lipinski definition) is 0. The zero-order valence-corrected chi connectivity index (χ0v) is 36.9. The summed E-state index contributed by atoms with van der Waals surface area (Å²) in [7, 11) is 0. The quantitative estimate of drug-likeness (QED) is 0.167. The highest BCUT2D eigenvalue weighted by Gasteiger charge is 2.42. The van der Waals surface area contributed by atoms with Crippen LogP contribution in [0.5, 0.6) is 0 Å². The molecule has 0 spiro atoms. The van der Waals surface area contributed by atoms with Gasteiger partial charge in [0, 0.05) is 11.1 Å². The number of hydrogen-bond acceptors (Lipinski definition) is 3. The molecule has 0 saturated carbocycles. The van der Waals surface area contributed by atoms with E-state index in [4.69, 9.17) is 9.97 Å². The maximum absolute atomic E-state index is 5.02. The average molecular weight is 862 g/mol. The van der Waals surface area contributed by atoms with Crippen molar-refractivity contribution in [3.8, 4) is 22.3 Å². The van der Waals surface area contributed by atoms with Crippen LogP contribution in [-0.2, 0) is 0 Å². The highest BCUT2D eigenvalue weighted by atomic mass is 15.0. The largest absolute Gasteiger partial charge is 0.225 e. The Morgan fingerprint density at radius 2 is 0.603 bits per heavy atom.